The number of hydrogen-bond acceptors (Lipinski definition) is 5. The lowest BCUT2D eigenvalue weighted by Crippen LogP contribution is -2.50. The average Bonchev–Trinajstić information content (AvgIpc) is 2.86. The molecule has 2 aliphatic rings. The lowest BCUT2D eigenvalue weighted by molar-refractivity contribution is -0.142. The fourth-order valence-electron chi connectivity index (χ4n) is 4.72. The fourth-order valence-corrected chi connectivity index (χ4v) is 4.72. The second-order valence-electron chi connectivity index (χ2n) is 10.3. The highest BCUT2D eigenvalue weighted by atomic mass is 19.1. The van der Waals surface area contributed by atoms with Gasteiger partial charge >= 0.3 is 12.9 Å². The van der Waals surface area contributed by atoms with E-state index in [2.05, 4.69) is 11.5 Å². The summed E-state index contributed by atoms with van der Waals surface area (Å²) in [6.45, 7) is 14.6. The summed E-state index contributed by atoms with van der Waals surface area (Å²) >= 11 is 0. The molecule has 0 atom stereocenters. The van der Waals surface area contributed by atoms with Crippen LogP contribution in [0.5, 0.6) is 0 Å². The summed E-state index contributed by atoms with van der Waals surface area (Å²) < 4.78 is 26.7. The maximum atomic E-state index is 15.0. The van der Waals surface area contributed by atoms with Crippen molar-refractivity contribution in [2.45, 2.75) is 78.8 Å². The van der Waals surface area contributed by atoms with Gasteiger partial charge in [0.25, 0.3) is 5.91 Å². The normalized spacial score (nSPS) is 18.7. The Hall–Kier alpha value is -2.61. The third-order valence-electron chi connectivity index (χ3n) is 6.31. The number of carbonyl (C=O) groups is 2. The first-order valence-electron chi connectivity index (χ1n) is 12.6. The zero-order valence-corrected chi connectivity index (χ0v) is 21.8. The summed E-state index contributed by atoms with van der Waals surface area (Å²) in [5.74, 6) is -1.09. The number of ether oxygens (including phenoxy) is 1. The molecule has 3 rings (SSSR count). The molecule has 0 spiro atoms. The SMILES string of the molecule is C=C1/C=C2/C(=O)N(c3cc(F)cc(B(CC)OC(C)(C)C)c3COC(C)=O)CCN2CCCCC1. The largest absolute Gasteiger partial charge is 0.461 e. The fraction of sp³-hybridized carbons (Fsp3) is 0.556. The molecule has 1 aromatic rings. The standard InChI is InChI=1S/C27H38BFN2O4/c1-7-28(35-27(4,5)6)23-16-21(29)17-24(22(23)18-34-20(3)32)31-14-13-30-12-10-8-9-11-19(2)15-25(30)26(31)33/h15-17H,2,7-14,18H2,1,3-6H3/b25-15-. The maximum absolute atomic E-state index is 15.0. The Balaban J connectivity index is 2.09. The number of nitrogens with zero attached hydrogens (tertiary/aromatic N) is 2. The van der Waals surface area contributed by atoms with Crippen molar-refractivity contribution in [3.8, 4) is 0 Å². The Bertz CT molecular complexity index is 1000. The van der Waals surface area contributed by atoms with Crippen molar-refractivity contribution in [3.05, 3.63) is 47.4 Å². The van der Waals surface area contributed by atoms with E-state index in [0.29, 0.717) is 41.8 Å². The lowest BCUT2D eigenvalue weighted by atomic mass is 9.56. The molecule has 0 radical (unpaired) electrons. The summed E-state index contributed by atoms with van der Waals surface area (Å²) in [5, 5.41) is 0. The number of allylic oxidation sites excluding steroid dienone is 2. The molecule has 1 saturated heterocycles. The number of esters is 1. The quantitative estimate of drug-likeness (QED) is 0.437. The minimum Gasteiger partial charge on any atom is -0.461 e. The van der Waals surface area contributed by atoms with Crippen LogP contribution in [-0.2, 0) is 25.6 Å². The van der Waals surface area contributed by atoms with E-state index in [4.69, 9.17) is 9.39 Å². The van der Waals surface area contributed by atoms with Gasteiger partial charge in [0.2, 0.25) is 0 Å². The van der Waals surface area contributed by atoms with E-state index in [1.165, 1.54) is 19.1 Å². The van der Waals surface area contributed by atoms with Crippen molar-refractivity contribution < 1.29 is 23.4 Å². The van der Waals surface area contributed by atoms with Gasteiger partial charge in [0.05, 0.1) is 5.69 Å². The van der Waals surface area contributed by atoms with Crippen LogP contribution in [0.25, 0.3) is 0 Å². The van der Waals surface area contributed by atoms with E-state index in [0.717, 1.165) is 37.8 Å². The molecule has 0 bridgehead atoms. The maximum Gasteiger partial charge on any atom is 0.327 e. The molecule has 2 heterocycles. The third kappa shape index (κ3) is 6.97. The molecule has 0 saturated carbocycles. The highest BCUT2D eigenvalue weighted by Crippen LogP contribution is 2.30. The number of rotatable bonds is 6. The first-order valence-corrected chi connectivity index (χ1v) is 12.6. The number of benzene rings is 1. The second-order valence-corrected chi connectivity index (χ2v) is 10.3. The lowest BCUT2D eigenvalue weighted by Gasteiger charge is -2.39. The molecule has 0 aliphatic carbocycles. The smallest absolute Gasteiger partial charge is 0.327 e. The monoisotopic (exact) mass is 484 g/mol. The van der Waals surface area contributed by atoms with Gasteiger partial charge in [-0.1, -0.05) is 25.5 Å². The topological polar surface area (TPSA) is 59.1 Å². The number of anilines is 1. The van der Waals surface area contributed by atoms with Crippen LogP contribution in [0.2, 0.25) is 6.32 Å². The third-order valence-corrected chi connectivity index (χ3v) is 6.31. The van der Waals surface area contributed by atoms with Crippen LogP contribution in [0.4, 0.5) is 10.1 Å². The minimum absolute atomic E-state index is 0.0659. The van der Waals surface area contributed by atoms with E-state index < -0.39 is 24.3 Å². The molecule has 0 aromatic heterocycles. The van der Waals surface area contributed by atoms with Gasteiger partial charge in [-0.2, -0.15) is 0 Å². The van der Waals surface area contributed by atoms with Crippen LogP contribution < -0.4 is 10.4 Å². The molecule has 8 heteroatoms. The van der Waals surface area contributed by atoms with Gasteiger partial charge in [-0.3, -0.25) is 9.59 Å². The van der Waals surface area contributed by atoms with Gasteiger partial charge in [-0.05, 0) is 70.0 Å². The van der Waals surface area contributed by atoms with Crippen LogP contribution >= 0.6 is 0 Å². The Morgan fingerprint density at radius 3 is 2.57 bits per heavy atom. The molecule has 0 N–H and O–H groups in total. The summed E-state index contributed by atoms with van der Waals surface area (Å²) in [6, 6.07) is 2.80. The summed E-state index contributed by atoms with van der Waals surface area (Å²) in [7, 11) is 0. The van der Waals surface area contributed by atoms with Gasteiger partial charge in [0.1, 0.15) is 18.1 Å². The van der Waals surface area contributed by atoms with Crippen molar-refractivity contribution in [3.63, 3.8) is 0 Å². The van der Waals surface area contributed by atoms with Crippen molar-refractivity contribution in [2.75, 3.05) is 24.5 Å². The number of hydrogen-bond donors (Lipinski definition) is 0. The Morgan fingerprint density at radius 2 is 1.91 bits per heavy atom. The minimum atomic E-state index is -0.462. The first kappa shape index (κ1) is 27.0. The van der Waals surface area contributed by atoms with Crippen LogP contribution in [0, 0.1) is 5.82 Å². The highest BCUT2D eigenvalue weighted by Gasteiger charge is 2.34. The zero-order valence-electron chi connectivity index (χ0n) is 21.8. The Labute approximate surface area is 209 Å². The van der Waals surface area contributed by atoms with E-state index in [9.17, 15) is 9.59 Å². The molecule has 0 unspecified atom stereocenters. The molecule has 1 aromatic carbocycles. The van der Waals surface area contributed by atoms with Crippen molar-refractivity contribution >= 4 is 29.9 Å². The second kappa shape index (κ2) is 11.4. The molecule has 1 amide bonds. The van der Waals surface area contributed by atoms with Crippen LogP contribution in [0.3, 0.4) is 0 Å². The highest BCUT2D eigenvalue weighted by molar-refractivity contribution is 6.68. The Kier molecular flexibility index (Phi) is 8.81. The molecule has 6 nitrogen and oxygen atoms in total. The van der Waals surface area contributed by atoms with Gasteiger partial charge < -0.3 is 19.2 Å². The van der Waals surface area contributed by atoms with Crippen LogP contribution in [-0.4, -0.2) is 48.9 Å². The number of amides is 1. The van der Waals surface area contributed by atoms with E-state index in [1.807, 2.05) is 33.8 Å². The molecule has 2 aliphatic heterocycles. The molecular formula is C27H38BFN2O4. The van der Waals surface area contributed by atoms with Crippen molar-refractivity contribution in [1.82, 2.24) is 4.90 Å². The summed E-state index contributed by atoms with van der Waals surface area (Å²) in [5.41, 5.74) is 2.67. The van der Waals surface area contributed by atoms with E-state index >= 15 is 4.39 Å². The van der Waals surface area contributed by atoms with Gasteiger partial charge in [-0.25, -0.2) is 4.39 Å². The molecule has 35 heavy (non-hydrogen) atoms. The van der Waals surface area contributed by atoms with E-state index in [-0.39, 0.29) is 12.5 Å². The molecular weight excluding hydrogens is 446 g/mol. The van der Waals surface area contributed by atoms with Crippen LogP contribution in [0.15, 0.2) is 36.1 Å². The predicted molar refractivity (Wildman–Crippen MR) is 138 cm³/mol. The van der Waals surface area contributed by atoms with Crippen molar-refractivity contribution in [1.29, 1.82) is 0 Å². The summed E-state index contributed by atoms with van der Waals surface area (Å²) in [4.78, 5) is 29.2. The van der Waals surface area contributed by atoms with Crippen molar-refractivity contribution in [2.24, 2.45) is 0 Å². The average molecular weight is 484 g/mol. The van der Waals surface area contributed by atoms with E-state index in [1.54, 1.807) is 4.90 Å². The zero-order chi connectivity index (χ0) is 25.8. The summed E-state index contributed by atoms with van der Waals surface area (Å²) in [6.07, 6.45) is 6.50. The molecule has 190 valence electrons. The van der Waals surface area contributed by atoms with Crippen LogP contribution in [0.1, 0.15) is 65.9 Å². The number of carbonyl (C=O) groups excluding carboxylic acids is 2. The van der Waals surface area contributed by atoms with Gasteiger partial charge in [0.15, 0.2) is 0 Å². The number of halogens is 1. The van der Waals surface area contributed by atoms with Gasteiger partial charge in [-0.15, -0.1) is 0 Å². The predicted octanol–water partition coefficient (Wildman–Crippen LogP) is 4.59. The number of fused-ring (bicyclic) bond motifs is 1. The van der Waals surface area contributed by atoms with Gasteiger partial charge in [0, 0.05) is 37.7 Å². The Morgan fingerprint density at radius 1 is 1.17 bits per heavy atom. The first-order chi connectivity index (χ1) is 16.5. The molecule has 1 fully saturated rings. The number of piperazine rings is 1.